The summed E-state index contributed by atoms with van der Waals surface area (Å²) in [5, 5.41) is 3.72. The number of carbonyl (C=O) groups excluding carboxylic acids is 1. The Labute approximate surface area is 99.8 Å². The Morgan fingerprint density at radius 1 is 1.47 bits per heavy atom. The highest BCUT2D eigenvalue weighted by Gasteiger charge is 2.07. The number of rotatable bonds is 3. The van der Waals surface area contributed by atoms with E-state index < -0.39 is 0 Å². The van der Waals surface area contributed by atoms with Crippen molar-refractivity contribution in [1.29, 1.82) is 0 Å². The van der Waals surface area contributed by atoms with Crippen molar-refractivity contribution in [1.82, 2.24) is 10.3 Å². The van der Waals surface area contributed by atoms with E-state index in [1.165, 1.54) is 0 Å². The first-order valence-corrected chi connectivity index (χ1v) is 5.55. The number of para-hydroxylation sites is 1. The first-order chi connectivity index (χ1) is 8.16. The number of nitrogens with one attached hydrogen (secondary N) is 1. The van der Waals surface area contributed by atoms with Crippen LogP contribution in [-0.2, 0) is 0 Å². The van der Waals surface area contributed by atoms with Crippen molar-refractivity contribution < 1.29 is 4.79 Å². The molecule has 88 valence electrons. The zero-order valence-corrected chi connectivity index (χ0v) is 9.68. The maximum Gasteiger partial charge on any atom is 0.252 e. The van der Waals surface area contributed by atoms with Crippen LogP contribution in [-0.4, -0.2) is 23.5 Å². The molecule has 0 saturated heterocycles. The monoisotopic (exact) mass is 229 g/mol. The number of aromatic nitrogens is 1. The van der Waals surface area contributed by atoms with Crippen LogP contribution in [0, 0.1) is 0 Å². The number of fused-ring (bicyclic) bond motifs is 1. The number of pyridine rings is 1. The van der Waals surface area contributed by atoms with E-state index in [0.717, 1.165) is 10.9 Å². The van der Waals surface area contributed by atoms with Crippen LogP contribution in [0.25, 0.3) is 10.9 Å². The van der Waals surface area contributed by atoms with E-state index >= 15 is 0 Å². The maximum atomic E-state index is 11.8. The number of carbonyl (C=O) groups is 1. The molecule has 4 heteroatoms. The predicted molar refractivity (Wildman–Crippen MR) is 67.7 cm³/mol. The average Bonchev–Trinajstić information content (AvgIpc) is 2.35. The molecule has 3 N–H and O–H groups in total. The lowest BCUT2D eigenvalue weighted by Crippen LogP contribution is -2.35. The molecule has 4 nitrogen and oxygen atoms in total. The van der Waals surface area contributed by atoms with Crippen molar-refractivity contribution in [3.05, 3.63) is 42.1 Å². The smallest absolute Gasteiger partial charge is 0.252 e. The van der Waals surface area contributed by atoms with Crippen LogP contribution in [0.5, 0.6) is 0 Å². The van der Waals surface area contributed by atoms with Gasteiger partial charge in [-0.25, -0.2) is 0 Å². The molecule has 2 aromatic rings. The molecule has 0 aliphatic rings. The summed E-state index contributed by atoms with van der Waals surface area (Å²) in [7, 11) is 0. The molecule has 1 atom stereocenters. The van der Waals surface area contributed by atoms with E-state index in [-0.39, 0.29) is 11.9 Å². The van der Waals surface area contributed by atoms with Crippen LogP contribution < -0.4 is 11.1 Å². The Hall–Kier alpha value is -1.94. The average molecular weight is 229 g/mol. The van der Waals surface area contributed by atoms with Crippen LogP contribution in [0.2, 0.25) is 0 Å². The number of hydrogen-bond donors (Lipinski definition) is 2. The van der Waals surface area contributed by atoms with E-state index in [0.29, 0.717) is 12.1 Å². The van der Waals surface area contributed by atoms with Gasteiger partial charge in [0.1, 0.15) is 0 Å². The molecule has 1 aromatic heterocycles. The van der Waals surface area contributed by atoms with Gasteiger partial charge in [-0.1, -0.05) is 18.2 Å². The van der Waals surface area contributed by atoms with Gasteiger partial charge in [0.2, 0.25) is 0 Å². The summed E-state index contributed by atoms with van der Waals surface area (Å²) in [6, 6.07) is 9.48. The Kier molecular flexibility index (Phi) is 3.35. The van der Waals surface area contributed by atoms with Gasteiger partial charge in [-0.3, -0.25) is 9.78 Å². The van der Waals surface area contributed by atoms with E-state index in [4.69, 9.17) is 5.73 Å². The molecular weight excluding hydrogens is 214 g/mol. The Morgan fingerprint density at radius 3 is 3.00 bits per heavy atom. The maximum absolute atomic E-state index is 11.8. The normalized spacial score (nSPS) is 12.4. The summed E-state index contributed by atoms with van der Waals surface area (Å²) < 4.78 is 0. The fraction of sp³-hybridized carbons (Fsp3) is 0.231. The molecule has 0 spiro atoms. The minimum Gasteiger partial charge on any atom is -0.350 e. The molecule has 17 heavy (non-hydrogen) atoms. The molecule has 0 radical (unpaired) electrons. The second-order valence-corrected chi connectivity index (χ2v) is 4.10. The number of nitrogens with zero attached hydrogens (tertiary/aromatic N) is 1. The van der Waals surface area contributed by atoms with Gasteiger partial charge in [-0.15, -0.1) is 0 Å². The SMILES string of the molecule is CC(N)CNC(=O)c1cnc2ccccc2c1. The Bertz CT molecular complexity index is 537. The summed E-state index contributed by atoms with van der Waals surface area (Å²) in [5.41, 5.74) is 7.02. The molecule has 0 aliphatic heterocycles. The van der Waals surface area contributed by atoms with Gasteiger partial charge in [-0.2, -0.15) is 0 Å². The molecule has 2 rings (SSSR count). The van der Waals surface area contributed by atoms with Gasteiger partial charge in [0, 0.05) is 24.2 Å². The van der Waals surface area contributed by atoms with Crippen LogP contribution in [0.4, 0.5) is 0 Å². The first kappa shape index (κ1) is 11.5. The van der Waals surface area contributed by atoms with Crippen molar-refractivity contribution in [2.45, 2.75) is 13.0 Å². The molecular formula is C13H15N3O. The summed E-state index contributed by atoms with van der Waals surface area (Å²) >= 11 is 0. The topological polar surface area (TPSA) is 68.0 Å². The van der Waals surface area contributed by atoms with E-state index in [9.17, 15) is 4.79 Å². The van der Waals surface area contributed by atoms with Crippen molar-refractivity contribution in [3.8, 4) is 0 Å². The number of benzene rings is 1. The van der Waals surface area contributed by atoms with Crippen LogP contribution in [0.15, 0.2) is 36.5 Å². The fourth-order valence-corrected chi connectivity index (χ4v) is 1.55. The quantitative estimate of drug-likeness (QED) is 0.833. The third-order valence-corrected chi connectivity index (χ3v) is 2.44. The third kappa shape index (κ3) is 2.79. The van der Waals surface area contributed by atoms with Gasteiger partial charge in [0.05, 0.1) is 11.1 Å². The first-order valence-electron chi connectivity index (χ1n) is 5.55. The van der Waals surface area contributed by atoms with Crippen molar-refractivity contribution in [2.75, 3.05) is 6.54 Å². The van der Waals surface area contributed by atoms with Crippen molar-refractivity contribution >= 4 is 16.8 Å². The van der Waals surface area contributed by atoms with Crippen LogP contribution in [0.1, 0.15) is 17.3 Å². The highest BCUT2D eigenvalue weighted by atomic mass is 16.1. The second kappa shape index (κ2) is 4.93. The molecule has 1 unspecified atom stereocenters. The lowest BCUT2D eigenvalue weighted by molar-refractivity contribution is 0.0951. The molecule has 1 heterocycles. The van der Waals surface area contributed by atoms with E-state index in [1.807, 2.05) is 37.3 Å². The number of nitrogens with two attached hydrogens (primary N) is 1. The Balaban J connectivity index is 2.21. The van der Waals surface area contributed by atoms with Crippen LogP contribution in [0.3, 0.4) is 0 Å². The predicted octanol–water partition coefficient (Wildman–Crippen LogP) is 1.31. The largest absolute Gasteiger partial charge is 0.350 e. The molecule has 1 amide bonds. The third-order valence-electron chi connectivity index (χ3n) is 2.44. The molecule has 0 aliphatic carbocycles. The van der Waals surface area contributed by atoms with E-state index in [1.54, 1.807) is 6.20 Å². The number of hydrogen-bond acceptors (Lipinski definition) is 3. The second-order valence-electron chi connectivity index (χ2n) is 4.10. The van der Waals surface area contributed by atoms with Gasteiger partial charge in [0.25, 0.3) is 5.91 Å². The number of amides is 1. The Morgan fingerprint density at radius 2 is 2.24 bits per heavy atom. The fourth-order valence-electron chi connectivity index (χ4n) is 1.55. The molecule has 0 saturated carbocycles. The van der Waals surface area contributed by atoms with Gasteiger partial charge in [-0.05, 0) is 19.1 Å². The van der Waals surface area contributed by atoms with E-state index in [2.05, 4.69) is 10.3 Å². The zero-order chi connectivity index (χ0) is 12.3. The highest BCUT2D eigenvalue weighted by molar-refractivity contribution is 5.97. The summed E-state index contributed by atoms with van der Waals surface area (Å²) in [6.07, 6.45) is 1.58. The molecule has 1 aromatic carbocycles. The summed E-state index contributed by atoms with van der Waals surface area (Å²) in [5.74, 6) is -0.138. The minimum absolute atomic E-state index is 0.0487. The van der Waals surface area contributed by atoms with Crippen LogP contribution >= 0.6 is 0 Å². The zero-order valence-electron chi connectivity index (χ0n) is 9.68. The molecule has 0 fully saturated rings. The highest BCUT2D eigenvalue weighted by Crippen LogP contribution is 2.12. The van der Waals surface area contributed by atoms with Gasteiger partial charge < -0.3 is 11.1 Å². The molecule has 0 bridgehead atoms. The van der Waals surface area contributed by atoms with Crippen molar-refractivity contribution in [2.24, 2.45) is 5.73 Å². The minimum atomic E-state index is -0.138. The van der Waals surface area contributed by atoms with Gasteiger partial charge >= 0.3 is 0 Å². The lowest BCUT2D eigenvalue weighted by atomic mass is 10.1. The van der Waals surface area contributed by atoms with Gasteiger partial charge in [0.15, 0.2) is 0 Å². The summed E-state index contributed by atoms with van der Waals surface area (Å²) in [6.45, 7) is 2.31. The standard InChI is InChI=1S/C13H15N3O/c1-9(14)7-16-13(17)11-6-10-4-2-3-5-12(10)15-8-11/h2-6,8-9H,7,14H2,1H3,(H,16,17). The lowest BCUT2D eigenvalue weighted by Gasteiger charge is -2.07. The van der Waals surface area contributed by atoms with Crippen molar-refractivity contribution in [3.63, 3.8) is 0 Å². The summed E-state index contributed by atoms with van der Waals surface area (Å²) in [4.78, 5) is 16.0.